The lowest BCUT2D eigenvalue weighted by atomic mass is 9.93. The van der Waals surface area contributed by atoms with E-state index in [4.69, 9.17) is 9.72 Å². The van der Waals surface area contributed by atoms with Crippen molar-refractivity contribution < 1.29 is 13.9 Å². The first-order valence-corrected chi connectivity index (χ1v) is 13.4. The van der Waals surface area contributed by atoms with Crippen LogP contribution >= 0.6 is 11.3 Å². The summed E-state index contributed by atoms with van der Waals surface area (Å²) in [6.07, 6.45) is 3.99. The second-order valence-corrected chi connectivity index (χ2v) is 10.9. The number of ether oxygens (including phenoxy) is 1. The highest BCUT2D eigenvalue weighted by Crippen LogP contribution is 2.40. The fourth-order valence-electron chi connectivity index (χ4n) is 5.73. The van der Waals surface area contributed by atoms with E-state index in [0.717, 1.165) is 52.5 Å². The van der Waals surface area contributed by atoms with Gasteiger partial charge < -0.3 is 15.0 Å². The molecule has 4 heterocycles. The summed E-state index contributed by atoms with van der Waals surface area (Å²) in [6, 6.07) is 10.6. The number of carbonyl (C=O) groups is 1. The van der Waals surface area contributed by atoms with Crippen molar-refractivity contribution in [2.45, 2.75) is 32.2 Å². The minimum atomic E-state index is -0.500. The largest absolute Gasteiger partial charge is 0.496 e. The minimum Gasteiger partial charge on any atom is -0.496 e. The van der Waals surface area contributed by atoms with Crippen LogP contribution < -0.4 is 15.0 Å². The zero-order valence-corrected chi connectivity index (χ0v) is 21.6. The van der Waals surface area contributed by atoms with Crippen LogP contribution in [0, 0.1) is 18.7 Å². The van der Waals surface area contributed by atoms with Crippen molar-refractivity contribution in [2.24, 2.45) is 5.92 Å². The van der Waals surface area contributed by atoms with Gasteiger partial charge in [-0.3, -0.25) is 4.79 Å². The lowest BCUT2D eigenvalue weighted by molar-refractivity contribution is 0.0988. The van der Waals surface area contributed by atoms with Crippen LogP contribution in [0.15, 0.2) is 42.6 Å². The number of piperidine rings is 1. The number of anilines is 1. The quantitative estimate of drug-likeness (QED) is 0.367. The second kappa shape index (κ2) is 9.79. The summed E-state index contributed by atoms with van der Waals surface area (Å²) in [7, 11) is 1.47. The number of carbonyl (C=O) groups excluding carboxylic acids is 1. The molecule has 0 bridgehead atoms. The number of benzene rings is 2. The SMILES string of the molecule is COc1cccc(F)c1-c1nccc(C(=O)Cc2ccc3sc(C)nc3c2N2CCC3CCNCC32)n1. The zero-order valence-electron chi connectivity index (χ0n) is 20.8. The molecule has 2 aliphatic rings. The molecule has 6 rings (SSSR count). The number of nitrogens with one attached hydrogen (secondary N) is 1. The molecule has 2 unspecified atom stereocenters. The molecular formula is C28H28FN5O2S. The van der Waals surface area contributed by atoms with E-state index in [9.17, 15) is 9.18 Å². The van der Waals surface area contributed by atoms with Crippen LogP contribution in [-0.2, 0) is 6.42 Å². The summed E-state index contributed by atoms with van der Waals surface area (Å²) < 4.78 is 21.1. The van der Waals surface area contributed by atoms with Crippen molar-refractivity contribution in [3.63, 3.8) is 0 Å². The van der Waals surface area contributed by atoms with Crippen LogP contribution in [0.3, 0.4) is 0 Å². The molecule has 4 aromatic rings. The summed E-state index contributed by atoms with van der Waals surface area (Å²) in [5, 5.41) is 4.56. The average molecular weight is 518 g/mol. The Bertz CT molecular complexity index is 1490. The predicted octanol–water partition coefficient (Wildman–Crippen LogP) is 4.82. The molecule has 37 heavy (non-hydrogen) atoms. The first kappa shape index (κ1) is 23.9. The Morgan fingerprint density at radius 2 is 2.11 bits per heavy atom. The van der Waals surface area contributed by atoms with Gasteiger partial charge in [-0.1, -0.05) is 12.1 Å². The van der Waals surface area contributed by atoms with Gasteiger partial charge in [-0.2, -0.15) is 0 Å². The number of aromatic nitrogens is 3. The fourth-order valence-corrected chi connectivity index (χ4v) is 6.56. The predicted molar refractivity (Wildman–Crippen MR) is 143 cm³/mol. The van der Waals surface area contributed by atoms with Crippen molar-refractivity contribution in [2.75, 3.05) is 31.6 Å². The van der Waals surface area contributed by atoms with E-state index < -0.39 is 5.82 Å². The van der Waals surface area contributed by atoms with Gasteiger partial charge in [0.1, 0.15) is 22.8 Å². The molecule has 2 fully saturated rings. The number of Topliss-reactive ketones (excluding diaryl/α,β-unsaturated/α-hetero) is 1. The van der Waals surface area contributed by atoms with Crippen LogP contribution in [0.25, 0.3) is 21.6 Å². The van der Waals surface area contributed by atoms with Gasteiger partial charge in [-0.25, -0.2) is 19.3 Å². The molecule has 190 valence electrons. The summed E-state index contributed by atoms with van der Waals surface area (Å²) in [6.45, 7) is 4.98. The fraction of sp³-hybridized carbons (Fsp3) is 0.357. The van der Waals surface area contributed by atoms with E-state index >= 15 is 0 Å². The van der Waals surface area contributed by atoms with Crippen LogP contribution in [0.1, 0.15) is 33.9 Å². The number of ketones is 1. The van der Waals surface area contributed by atoms with E-state index in [-0.39, 0.29) is 29.3 Å². The molecule has 2 atom stereocenters. The van der Waals surface area contributed by atoms with Gasteiger partial charge in [0, 0.05) is 31.7 Å². The van der Waals surface area contributed by atoms with Gasteiger partial charge in [0.2, 0.25) is 0 Å². The lowest BCUT2D eigenvalue weighted by Gasteiger charge is -2.34. The monoisotopic (exact) mass is 517 g/mol. The van der Waals surface area contributed by atoms with Gasteiger partial charge in [0.15, 0.2) is 11.6 Å². The number of methoxy groups -OCH3 is 1. The van der Waals surface area contributed by atoms with Crippen molar-refractivity contribution in [3.05, 3.63) is 64.7 Å². The second-order valence-electron chi connectivity index (χ2n) is 9.64. The Morgan fingerprint density at radius 1 is 1.22 bits per heavy atom. The van der Waals surface area contributed by atoms with Gasteiger partial charge in [0.05, 0.1) is 28.1 Å². The van der Waals surface area contributed by atoms with E-state index in [1.54, 1.807) is 29.5 Å². The Labute approximate surface area is 218 Å². The van der Waals surface area contributed by atoms with Crippen LogP contribution in [0.2, 0.25) is 0 Å². The highest BCUT2D eigenvalue weighted by atomic mass is 32.1. The number of hydrogen-bond acceptors (Lipinski definition) is 8. The number of thiazole rings is 1. The maximum atomic E-state index is 14.7. The molecule has 0 amide bonds. The maximum absolute atomic E-state index is 14.7. The smallest absolute Gasteiger partial charge is 0.185 e. The topological polar surface area (TPSA) is 80.2 Å². The number of rotatable bonds is 6. The molecule has 2 aromatic carbocycles. The van der Waals surface area contributed by atoms with E-state index in [1.165, 1.54) is 25.8 Å². The highest BCUT2D eigenvalue weighted by molar-refractivity contribution is 7.18. The number of fused-ring (bicyclic) bond motifs is 2. The molecule has 0 saturated carbocycles. The summed E-state index contributed by atoms with van der Waals surface area (Å²) in [5.41, 5.74) is 3.37. The minimum absolute atomic E-state index is 0.127. The third-order valence-electron chi connectivity index (χ3n) is 7.45. The summed E-state index contributed by atoms with van der Waals surface area (Å²) >= 11 is 1.68. The molecule has 2 aliphatic heterocycles. The Kier molecular flexibility index (Phi) is 6.34. The number of halogens is 1. The van der Waals surface area contributed by atoms with Gasteiger partial charge in [0.25, 0.3) is 0 Å². The van der Waals surface area contributed by atoms with Gasteiger partial charge >= 0.3 is 0 Å². The zero-order chi connectivity index (χ0) is 25.5. The molecule has 2 aromatic heterocycles. The number of hydrogen-bond donors (Lipinski definition) is 1. The summed E-state index contributed by atoms with van der Waals surface area (Å²) in [5.74, 6) is 0.451. The molecular weight excluding hydrogens is 489 g/mol. The van der Waals surface area contributed by atoms with Crippen molar-refractivity contribution >= 4 is 33.0 Å². The summed E-state index contributed by atoms with van der Waals surface area (Å²) in [4.78, 5) is 29.6. The molecule has 0 radical (unpaired) electrons. The number of nitrogens with zero attached hydrogens (tertiary/aromatic N) is 4. The van der Waals surface area contributed by atoms with Gasteiger partial charge in [-0.05, 0) is 62.1 Å². The first-order valence-electron chi connectivity index (χ1n) is 12.6. The Balaban J connectivity index is 1.37. The maximum Gasteiger partial charge on any atom is 0.185 e. The Hall–Kier alpha value is -3.43. The van der Waals surface area contributed by atoms with Crippen molar-refractivity contribution in [1.82, 2.24) is 20.3 Å². The van der Waals surface area contributed by atoms with Crippen molar-refractivity contribution in [3.8, 4) is 17.1 Å². The van der Waals surface area contributed by atoms with E-state index in [2.05, 4.69) is 32.3 Å². The van der Waals surface area contributed by atoms with Crippen LogP contribution in [0.4, 0.5) is 10.1 Å². The highest BCUT2D eigenvalue weighted by Gasteiger charge is 2.38. The van der Waals surface area contributed by atoms with Gasteiger partial charge in [-0.15, -0.1) is 11.3 Å². The first-order chi connectivity index (χ1) is 18.0. The average Bonchev–Trinajstić information content (AvgIpc) is 3.51. The molecule has 9 heteroatoms. The molecule has 1 N–H and O–H groups in total. The lowest BCUT2D eigenvalue weighted by Crippen LogP contribution is -2.46. The standard InChI is InChI=1S/C28H28FN5O2S/c1-16-32-26-24(37-16)7-6-18(27(26)34-13-10-17-8-11-30-15-21(17)34)14-22(35)20-9-12-31-28(33-20)25-19(29)4-3-5-23(25)36-2/h3-7,9,12,17,21,30H,8,10-11,13-15H2,1-2H3. The third kappa shape index (κ3) is 4.36. The molecule has 2 saturated heterocycles. The molecule has 7 nitrogen and oxygen atoms in total. The normalized spacial score (nSPS) is 19.3. The Morgan fingerprint density at radius 3 is 2.97 bits per heavy atom. The third-order valence-corrected chi connectivity index (χ3v) is 8.39. The molecule has 0 spiro atoms. The van der Waals surface area contributed by atoms with Crippen LogP contribution in [-0.4, -0.2) is 53.5 Å². The van der Waals surface area contributed by atoms with E-state index in [1.807, 2.05) is 6.92 Å². The van der Waals surface area contributed by atoms with Crippen molar-refractivity contribution in [1.29, 1.82) is 0 Å². The number of aryl methyl sites for hydroxylation is 1. The molecule has 0 aliphatic carbocycles. The van der Waals surface area contributed by atoms with E-state index in [0.29, 0.717) is 17.7 Å². The van der Waals surface area contributed by atoms with Crippen LogP contribution in [0.5, 0.6) is 5.75 Å².